The second-order valence-corrected chi connectivity index (χ2v) is 6.03. The number of carbonyl (C=O) groups is 1. The zero-order chi connectivity index (χ0) is 14.4. The van der Waals surface area contributed by atoms with Crippen molar-refractivity contribution in [2.75, 3.05) is 4.90 Å². The van der Waals surface area contributed by atoms with Crippen LogP contribution in [-0.2, 0) is 11.3 Å². The molecule has 1 aliphatic heterocycles. The van der Waals surface area contributed by atoms with Gasteiger partial charge >= 0.3 is 0 Å². The van der Waals surface area contributed by atoms with E-state index in [0.29, 0.717) is 9.34 Å². The summed E-state index contributed by atoms with van der Waals surface area (Å²) in [4.78, 5) is 17.3. The van der Waals surface area contributed by atoms with E-state index >= 15 is 0 Å². The number of fused-ring (bicyclic) bond motifs is 1. The molecule has 2 heterocycles. The lowest BCUT2D eigenvalue weighted by Crippen LogP contribution is -2.31. The highest BCUT2D eigenvalue weighted by atomic mass is 35.5. The predicted octanol–water partition coefficient (Wildman–Crippen LogP) is 2.62. The van der Waals surface area contributed by atoms with Crippen molar-refractivity contribution in [3.8, 4) is 0 Å². The van der Waals surface area contributed by atoms with E-state index < -0.39 is 23.6 Å². The van der Waals surface area contributed by atoms with Crippen molar-refractivity contribution >= 4 is 34.5 Å². The molecule has 1 amide bonds. The van der Waals surface area contributed by atoms with Crippen LogP contribution in [0.15, 0.2) is 18.3 Å². The van der Waals surface area contributed by atoms with Crippen LogP contribution < -0.4 is 10.6 Å². The van der Waals surface area contributed by atoms with Gasteiger partial charge in [0.15, 0.2) is 0 Å². The normalized spacial score (nSPS) is 17.7. The SMILES string of the molecule is NC1C(=O)N(Cc2ncc(Cl)s2)c2cc(F)cc(F)c21. The number of hydrogen-bond acceptors (Lipinski definition) is 4. The third kappa shape index (κ3) is 2.07. The van der Waals surface area contributed by atoms with Crippen molar-refractivity contribution in [3.63, 3.8) is 0 Å². The van der Waals surface area contributed by atoms with Gasteiger partial charge in [-0.15, -0.1) is 11.3 Å². The summed E-state index contributed by atoms with van der Waals surface area (Å²) in [5.41, 5.74) is 5.85. The van der Waals surface area contributed by atoms with Crippen molar-refractivity contribution in [2.24, 2.45) is 5.73 Å². The van der Waals surface area contributed by atoms with Gasteiger partial charge in [0.1, 0.15) is 27.0 Å². The zero-order valence-corrected chi connectivity index (χ0v) is 11.5. The first kappa shape index (κ1) is 13.4. The van der Waals surface area contributed by atoms with Crippen LogP contribution in [0.1, 0.15) is 16.6 Å². The van der Waals surface area contributed by atoms with Gasteiger partial charge in [-0.25, -0.2) is 13.8 Å². The number of nitrogens with zero attached hydrogens (tertiary/aromatic N) is 2. The minimum atomic E-state index is -1.12. The third-order valence-electron chi connectivity index (χ3n) is 3.03. The van der Waals surface area contributed by atoms with E-state index in [9.17, 15) is 13.6 Å². The molecule has 104 valence electrons. The van der Waals surface area contributed by atoms with Crippen LogP contribution in [0.5, 0.6) is 0 Å². The van der Waals surface area contributed by atoms with Crippen LogP contribution in [0.3, 0.4) is 0 Å². The van der Waals surface area contributed by atoms with Crippen LogP contribution in [0.2, 0.25) is 4.34 Å². The Bertz CT molecular complexity index is 706. The molecule has 4 nitrogen and oxygen atoms in total. The van der Waals surface area contributed by atoms with E-state index in [1.165, 1.54) is 22.4 Å². The van der Waals surface area contributed by atoms with Gasteiger partial charge in [-0.3, -0.25) is 4.79 Å². The topological polar surface area (TPSA) is 59.2 Å². The van der Waals surface area contributed by atoms with Crippen molar-refractivity contribution in [1.29, 1.82) is 0 Å². The molecule has 8 heteroatoms. The monoisotopic (exact) mass is 315 g/mol. The number of nitrogens with two attached hydrogens (primary N) is 1. The number of aromatic nitrogens is 1. The van der Waals surface area contributed by atoms with Gasteiger partial charge in [-0.2, -0.15) is 0 Å². The molecule has 1 aliphatic rings. The number of carbonyl (C=O) groups excluding carboxylic acids is 1. The van der Waals surface area contributed by atoms with Crippen molar-refractivity contribution in [3.05, 3.63) is 44.9 Å². The number of halogens is 3. The van der Waals surface area contributed by atoms with Crippen molar-refractivity contribution in [2.45, 2.75) is 12.6 Å². The average molecular weight is 316 g/mol. The highest BCUT2D eigenvalue weighted by Crippen LogP contribution is 2.38. The summed E-state index contributed by atoms with van der Waals surface area (Å²) in [6, 6.07) is 0.690. The number of amides is 1. The predicted molar refractivity (Wildman–Crippen MR) is 71.6 cm³/mol. The fourth-order valence-electron chi connectivity index (χ4n) is 2.17. The van der Waals surface area contributed by atoms with E-state index in [0.717, 1.165) is 12.1 Å². The molecule has 20 heavy (non-hydrogen) atoms. The van der Waals surface area contributed by atoms with Crippen LogP contribution in [0.4, 0.5) is 14.5 Å². The van der Waals surface area contributed by atoms with E-state index in [4.69, 9.17) is 17.3 Å². The Labute approximate surface area is 121 Å². The Morgan fingerprint density at radius 1 is 1.45 bits per heavy atom. The van der Waals surface area contributed by atoms with Crippen molar-refractivity contribution in [1.82, 2.24) is 4.98 Å². The van der Waals surface area contributed by atoms with Gasteiger partial charge in [0, 0.05) is 11.6 Å². The first-order valence-corrected chi connectivity index (χ1v) is 6.83. The summed E-state index contributed by atoms with van der Waals surface area (Å²) in [5, 5.41) is 0.563. The van der Waals surface area contributed by atoms with Crippen molar-refractivity contribution < 1.29 is 13.6 Å². The number of hydrogen-bond donors (Lipinski definition) is 1. The van der Waals surface area contributed by atoms with Gasteiger partial charge in [-0.05, 0) is 6.07 Å². The summed E-state index contributed by atoms with van der Waals surface area (Å²) in [5.74, 6) is -2.07. The Hall–Kier alpha value is -1.57. The van der Waals surface area contributed by atoms with E-state index in [-0.39, 0.29) is 17.8 Å². The fraction of sp³-hybridized carbons (Fsp3) is 0.167. The van der Waals surface area contributed by atoms with Crippen LogP contribution in [0, 0.1) is 11.6 Å². The number of benzene rings is 1. The van der Waals surface area contributed by atoms with E-state index in [1.807, 2.05) is 0 Å². The maximum Gasteiger partial charge on any atom is 0.249 e. The summed E-state index contributed by atoms with van der Waals surface area (Å²) < 4.78 is 27.6. The summed E-state index contributed by atoms with van der Waals surface area (Å²) in [6.45, 7) is 0.0831. The van der Waals surface area contributed by atoms with E-state index in [2.05, 4.69) is 4.98 Å². The van der Waals surface area contributed by atoms with E-state index in [1.54, 1.807) is 0 Å². The summed E-state index contributed by atoms with van der Waals surface area (Å²) >= 11 is 6.96. The maximum absolute atomic E-state index is 13.8. The molecular weight excluding hydrogens is 308 g/mol. The molecule has 2 N–H and O–H groups in total. The average Bonchev–Trinajstić information content (AvgIpc) is 2.87. The molecule has 2 aromatic rings. The Morgan fingerprint density at radius 2 is 2.20 bits per heavy atom. The van der Waals surface area contributed by atoms with Crippen LogP contribution in [-0.4, -0.2) is 10.9 Å². The molecule has 1 unspecified atom stereocenters. The maximum atomic E-state index is 13.8. The molecule has 3 rings (SSSR count). The molecule has 0 spiro atoms. The highest BCUT2D eigenvalue weighted by molar-refractivity contribution is 7.15. The minimum absolute atomic E-state index is 0.0130. The second-order valence-electron chi connectivity index (χ2n) is 4.28. The van der Waals surface area contributed by atoms with Gasteiger partial charge in [0.2, 0.25) is 5.91 Å². The molecule has 0 aliphatic carbocycles. The lowest BCUT2D eigenvalue weighted by atomic mass is 10.1. The lowest BCUT2D eigenvalue weighted by molar-refractivity contribution is -0.119. The molecule has 0 saturated carbocycles. The minimum Gasteiger partial charge on any atom is -0.316 e. The third-order valence-corrected chi connectivity index (χ3v) is 4.12. The molecule has 0 fully saturated rings. The van der Waals surface area contributed by atoms with Crippen LogP contribution in [0.25, 0.3) is 0 Å². The van der Waals surface area contributed by atoms with Gasteiger partial charge in [0.25, 0.3) is 0 Å². The first-order chi connectivity index (χ1) is 9.47. The zero-order valence-electron chi connectivity index (χ0n) is 9.94. The standard InChI is InChI=1S/C12H8ClF2N3OS/c13-8-3-17-9(20-8)4-18-7-2-5(14)1-6(15)10(7)11(16)12(18)19/h1-3,11H,4,16H2. The summed E-state index contributed by atoms with van der Waals surface area (Å²) in [6.07, 6.45) is 1.45. The fourth-order valence-corrected chi connectivity index (χ4v) is 3.12. The highest BCUT2D eigenvalue weighted by Gasteiger charge is 2.38. The smallest absolute Gasteiger partial charge is 0.249 e. The molecule has 1 atom stereocenters. The Morgan fingerprint density at radius 3 is 2.85 bits per heavy atom. The quantitative estimate of drug-likeness (QED) is 0.926. The molecular formula is C12H8ClF2N3OS. The lowest BCUT2D eigenvalue weighted by Gasteiger charge is -2.15. The van der Waals surface area contributed by atoms with Gasteiger partial charge in [0.05, 0.1) is 18.4 Å². The van der Waals surface area contributed by atoms with Gasteiger partial charge < -0.3 is 10.6 Å². The second kappa shape index (κ2) is 4.76. The largest absolute Gasteiger partial charge is 0.316 e. The molecule has 0 bridgehead atoms. The van der Waals surface area contributed by atoms with Gasteiger partial charge in [-0.1, -0.05) is 11.6 Å². The first-order valence-electron chi connectivity index (χ1n) is 5.63. The molecule has 1 aromatic heterocycles. The number of thiazole rings is 1. The van der Waals surface area contributed by atoms with Crippen LogP contribution >= 0.6 is 22.9 Å². The number of anilines is 1. The number of rotatable bonds is 2. The Kier molecular flexibility index (Phi) is 3.19. The molecule has 1 aromatic carbocycles. The molecule has 0 saturated heterocycles. The Balaban J connectivity index is 2.03. The molecule has 0 radical (unpaired) electrons. The summed E-state index contributed by atoms with van der Waals surface area (Å²) in [7, 11) is 0.